The summed E-state index contributed by atoms with van der Waals surface area (Å²) >= 11 is 12.3. The highest BCUT2D eigenvalue weighted by molar-refractivity contribution is 6.35. The van der Waals surface area contributed by atoms with Gasteiger partial charge in [0.1, 0.15) is 5.82 Å². The molecule has 0 bridgehead atoms. The lowest BCUT2D eigenvalue weighted by atomic mass is 9.94. The highest BCUT2D eigenvalue weighted by atomic mass is 35.5. The van der Waals surface area contributed by atoms with Gasteiger partial charge < -0.3 is 9.88 Å². The van der Waals surface area contributed by atoms with Crippen molar-refractivity contribution in [1.82, 2.24) is 29.9 Å². The fourth-order valence-electron chi connectivity index (χ4n) is 4.80. The highest BCUT2D eigenvalue weighted by Crippen LogP contribution is 2.31. The number of hydrogen-bond acceptors (Lipinski definition) is 5. The molecule has 1 N–H and O–H groups in total. The van der Waals surface area contributed by atoms with E-state index in [2.05, 4.69) is 15.3 Å². The fraction of sp³-hybridized carbons (Fsp3) is 0.500. The first kappa shape index (κ1) is 21.4. The zero-order valence-corrected chi connectivity index (χ0v) is 19.1. The summed E-state index contributed by atoms with van der Waals surface area (Å²) in [5.74, 6) is 1.20. The molecule has 0 spiro atoms. The maximum atomic E-state index is 12.7. The van der Waals surface area contributed by atoms with E-state index in [1.54, 1.807) is 16.8 Å². The Morgan fingerprint density at radius 2 is 1.88 bits per heavy atom. The molecule has 3 aromatic rings. The van der Waals surface area contributed by atoms with Crippen LogP contribution in [0.5, 0.6) is 0 Å². The predicted octanol–water partition coefficient (Wildman–Crippen LogP) is 3.77. The molecule has 2 aliphatic rings. The van der Waals surface area contributed by atoms with Crippen molar-refractivity contribution in [2.75, 3.05) is 13.1 Å². The SMILES string of the molecule is O=C(C1CCCC1)N1CCC(c2nc3c(nnn3Cc3ccc(Cl)cc3Cl)c(=O)[nH]2)CC1. The van der Waals surface area contributed by atoms with Gasteiger partial charge in [0.05, 0.1) is 6.54 Å². The van der Waals surface area contributed by atoms with Gasteiger partial charge in [-0.05, 0) is 43.4 Å². The van der Waals surface area contributed by atoms with Crippen molar-refractivity contribution in [1.29, 1.82) is 0 Å². The van der Waals surface area contributed by atoms with Gasteiger partial charge in [-0.3, -0.25) is 9.59 Å². The number of amides is 1. The number of H-pyrrole nitrogens is 1. The molecule has 10 heteroatoms. The zero-order valence-electron chi connectivity index (χ0n) is 17.6. The fourth-order valence-corrected chi connectivity index (χ4v) is 5.27. The van der Waals surface area contributed by atoms with Gasteiger partial charge in [-0.15, -0.1) is 5.10 Å². The number of likely N-dealkylation sites (tertiary alicyclic amines) is 1. The standard InChI is InChI=1S/C22H24Cl2N6O2/c23-16-6-5-15(17(24)11-16)12-30-20-18(27-28-30)21(31)26-19(25-20)13-7-9-29(10-8-13)22(32)14-3-1-2-4-14/h5-6,11,13-14H,1-4,7-10,12H2,(H,25,26,31). The molecular weight excluding hydrogens is 451 g/mol. The minimum absolute atomic E-state index is 0.0854. The van der Waals surface area contributed by atoms with E-state index in [0.717, 1.165) is 44.1 Å². The van der Waals surface area contributed by atoms with Crippen LogP contribution in [0.25, 0.3) is 11.2 Å². The second-order valence-electron chi connectivity index (χ2n) is 8.69. The third-order valence-corrected chi connectivity index (χ3v) is 7.21. The van der Waals surface area contributed by atoms with E-state index in [9.17, 15) is 9.59 Å². The van der Waals surface area contributed by atoms with Crippen LogP contribution in [-0.2, 0) is 11.3 Å². The first-order chi connectivity index (χ1) is 15.5. The predicted molar refractivity (Wildman–Crippen MR) is 122 cm³/mol. The number of nitrogens with zero attached hydrogens (tertiary/aromatic N) is 5. The van der Waals surface area contributed by atoms with Gasteiger partial charge in [0.25, 0.3) is 5.56 Å². The van der Waals surface area contributed by atoms with Crippen molar-refractivity contribution in [3.63, 3.8) is 0 Å². The number of aromatic nitrogens is 5. The Hall–Kier alpha value is -2.45. The van der Waals surface area contributed by atoms with Crippen LogP contribution in [0, 0.1) is 5.92 Å². The number of benzene rings is 1. The Kier molecular flexibility index (Phi) is 5.90. The highest BCUT2D eigenvalue weighted by Gasteiger charge is 2.31. The monoisotopic (exact) mass is 474 g/mol. The number of carbonyl (C=O) groups is 1. The lowest BCUT2D eigenvalue weighted by molar-refractivity contribution is -0.136. The van der Waals surface area contributed by atoms with E-state index in [4.69, 9.17) is 28.2 Å². The summed E-state index contributed by atoms with van der Waals surface area (Å²) in [7, 11) is 0. The molecule has 32 heavy (non-hydrogen) atoms. The Morgan fingerprint density at radius 3 is 2.59 bits per heavy atom. The van der Waals surface area contributed by atoms with Crippen LogP contribution in [-0.4, -0.2) is 48.9 Å². The number of halogens is 2. The van der Waals surface area contributed by atoms with E-state index in [1.807, 2.05) is 11.0 Å². The Labute approximate surface area is 194 Å². The Bertz CT molecular complexity index is 1210. The molecule has 0 atom stereocenters. The topological polar surface area (TPSA) is 96.8 Å². The van der Waals surface area contributed by atoms with Gasteiger partial charge >= 0.3 is 0 Å². The van der Waals surface area contributed by atoms with E-state index in [1.165, 1.54) is 0 Å². The van der Waals surface area contributed by atoms with Crippen molar-refractivity contribution >= 4 is 40.3 Å². The molecule has 1 aliphatic heterocycles. The number of fused-ring (bicyclic) bond motifs is 1. The van der Waals surface area contributed by atoms with Gasteiger partial charge in [-0.2, -0.15) is 0 Å². The molecule has 1 saturated carbocycles. The normalized spacial score (nSPS) is 18.0. The maximum Gasteiger partial charge on any atom is 0.281 e. The Morgan fingerprint density at radius 1 is 1.12 bits per heavy atom. The summed E-state index contributed by atoms with van der Waals surface area (Å²) in [5, 5.41) is 9.20. The molecular formula is C22H24Cl2N6O2. The molecule has 8 nitrogen and oxygen atoms in total. The summed E-state index contributed by atoms with van der Waals surface area (Å²) in [6, 6.07) is 5.25. The molecule has 2 aromatic heterocycles. The second kappa shape index (κ2) is 8.83. The van der Waals surface area contributed by atoms with Crippen LogP contribution in [0.2, 0.25) is 10.0 Å². The average molecular weight is 475 g/mol. The van der Waals surface area contributed by atoms with Gasteiger partial charge in [-0.25, -0.2) is 9.67 Å². The third kappa shape index (κ3) is 4.13. The van der Waals surface area contributed by atoms with Crippen molar-refractivity contribution in [2.24, 2.45) is 5.92 Å². The van der Waals surface area contributed by atoms with E-state index in [-0.39, 0.29) is 22.9 Å². The quantitative estimate of drug-likeness (QED) is 0.620. The van der Waals surface area contributed by atoms with Gasteiger partial charge in [0.15, 0.2) is 11.2 Å². The zero-order chi connectivity index (χ0) is 22.2. The molecule has 3 heterocycles. The van der Waals surface area contributed by atoms with Gasteiger partial charge in [0.2, 0.25) is 5.91 Å². The van der Waals surface area contributed by atoms with E-state index in [0.29, 0.717) is 47.1 Å². The van der Waals surface area contributed by atoms with Gasteiger partial charge in [0, 0.05) is 35.0 Å². The lowest BCUT2D eigenvalue weighted by Crippen LogP contribution is -2.41. The van der Waals surface area contributed by atoms with Crippen molar-refractivity contribution < 1.29 is 4.79 Å². The second-order valence-corrected chi connectivity index (χ2v) is 9.53. The molecule has 1 amide bonds. The smallest absolute Gasteiger partial charge is 0.281 e. The van der Waals surface area contributed by atoms with Crippen LogP contribution >= 0.6 is 23.2 Å². The first-order valence-electron chi connectivity index (χ1n) is 11.1. The molecule has 0 unspecified atom stereocenters. The number of carbonyl (C=O) groups excluding carboxylic acids is 1. The van der Waals surface area contributed by atoms with Crippen molar-refractivity contribution in [3.8, 4) is 0 Å². The number of rotatable bonds is 4. The molecule has 5 rings (SSSR count). The molecule has 2 fully saturated rings. The lowest BCUT2D eigenvalue weighted by Gasteiger charge is -2.33. The minimum Gasteiger partial charge on any atom is -0.342 e. The Balaban J connectivity index is 1.35. The molecule has 168 valence electrons. The number of piperidine rings is 1. The average Bonchev–Trinajstić information content (AvgIpc) is 3.46. The molecule has 1 saturated heterocycles. The van der Waals surface area contributed by atoms with Crippen LogP contribution in [0.4, 0.5) is 0 Å². The number of hydrogen-bond donors (Lipinski definition) is 1. The summed E-state index contributed by atoms with van der Waals surface area (Å²) in [6.07, 6.45) is 5.88. The van der Waals surface area contributed by atoms with E-state index < -0.39 is 0 Å². The summed E-state index contributed by atoms with van der Waals surface area (Å²) in [4.78, 5) is 35.0. The van der Waals surface area contributed by atoms with Crippen LogP contribution in [0.1, 0.15) is 55.8 Å². The summed E-state index contributed by atoms with van der Waals surface area (Å²) in [6.45, 7) is 1.72. The first-order valence-corrected chi connectivity index (χ1v) is 11.8. The molecule has 1 aliphatic carbocycles. The number of aromatic amines is 1. The van der Waals surface area contributed by atoms with Crippen molar-refractivity contribution in [3.05, 3.63) is 50.0 Å². The van der Waals surface area contributed by atoms with Crippen molar-refractivity contribution in [2.45, 2.75) is 51.0 Å². The largest absolute Gasteiger partial charge is 0.342 e. The molecule has 1 aromatic carbocycles. The van der Waals surface area contributed by atoms with E-state index >= 15 is 0 Å². The third-order valence-electron chi connectivity index (χ3n) is 6.62. The van der Waals surface area contributed by atoms with Crippen LogP contribution in [0.15, 0.2) is 23.0 Å². The summed E-state index contributed by atoms with van der Waals surface area (Å²) in [5.41, 5.74) is 1.14. The molecule has 0 radical (unpaired) electrons. The number of nitrogens with one attached hydrogen (secondary N) is 1. The summed E-state index contributed by atoms with van der Waals surface area (Å²) < 4.78 is 1.59. The maximum absolute atomic E-state index is 12.7. The van der Waals surface area contributed by atoms with Crippen LogP contribution < -0.4 is 5.56 Å². The van der Waals surface area contributed by atoms with Gasteiger partial charge in [-0.1, -0.05) is 47.3 Å². The minimum atomic E-state index is -0.303. The van der Waals surface area contributed by atoms with Crippen LogP contribution in [0.3, 0.4) is 0 Å².